The number of rotatable bonds is 6. The lowest BCUT2D eigenvalue weighted by Crippen LogP contribution is -2.35. The van der Waals surface area contributed by atoms with E-state index in [4.69, 9.17) is 4.74 Å². The molecule has 0 atom stereocenters. The Morgan fingerprint density at radius 3 is 2.86 bits per heavy atom. The van der Waals surface area contributed by atoms with Crippen LogP contribution in [-0.2, 0) is 22.4 Å². The van der Waals surface area contributed by atoms with E-state index in [0.29, 0.717) is 48.2 Å². The van der Waals surface area contributed by atoms with Crippen LogP contribution < -0.4 is 4.90 Å². The molecule has 1 aliphatic rings. The summed E-state index contributed by atoms with van der Waals surface area (Å²) in [6.07, 6.45) is 4.25. The number of carbonyl (C=O) groups is 3. The first-order valence-corrected chi connectivity index (χ1v) is 11.7. The van der Waals surface area contributed by atoms with Crippen LogP contribution in [0.4, 0.5) is 5.69 Å². The number of anilines is 1. The van der Waals surface area contributed by atoms with E-state index in [1.807, 2.05) is 24.3 Å². The molecule has 0 fully saturated rings. The summed E-state index contributed by atoms with van der Waals surface area (Å²) in [6.45, 7) is 1.07. The maximum absolute atomic E-state index is 13.7. The molecule has 0 bridgehead atoms. The van der Waals surface area contributed by atoms with Crippen molar-refractivity contribution < 1.29 is 24.2 Å². The van der Waals surface area contributed by atoms with Crippen LogP contribution in [0.1, 0.15) is 38.4 Å². The number of aromatic nitrogens is 2. The molecule has 0 radical (unpaired) electrons. The van der Waals surface area contributed by atoms with Crippen molar-refractivity contribution in [3.8, 4) is 5.75 Å². The SMILES string of the molecule is COC(=O)c1cnc2c(O)cc3c(c2c1)CCCN3C(=O)c1cc2c(CCN(C)C=O)cccc2[nH]1. The molecular weight excluding hydrogens is 460 g/mol. The molecule has 9 nitrogen and oxygen atoms in total. The molecule has 5 rings (SSSR count). The molecule has 4 aromatic rings. The summed E-state index contributed by atoms with van der Waals surface area (Å²) in [5.74, 6) is -0.782. The normalized spacial score (nSPS) is 13.0. The van der Waals surface area contributed by atoms with Crippen molar-refractivity contribution in [2.45, 2.75) is 19.3 Å². The third kappa shape index (κ3) is 4.02. The van der Waals surface area contributed by atoms with E-state index < -0.39 is 5.97 Å². The molecule has 2 N–H and O–H groups in total. The number of ether oxygens (including phenoxy) is 1. The Labute approximate surface area is 207 Å². The Morgan fingerprint density at radius 1 is 1.25 bits per heavy atom. The monoisotopic (exact) mass is 486 g/mol. The van der Waals surface area contributed by atoms with Gasteiger partial charge in [-0.05, 0) is 48.6 Å². The summed E-state index contributed by atoms with van der Waals surface area (Å²) in [7, 11) is 3.03. The van der Waals surface area contributed by atoms with Gasteiger partial charge in [0.15, 0.2) is 0 Å². The minimum absolute atomic E-state index is 0.0573. The van der Waals surface area contributed by atoms with E-state index in [1.54, 1.807) is 29.0 Å². The number of benzene rings is 2. The highest BCUT2D eigenvalue weighted by atomic mass is 16.5. The standard InChI is InChI=1S/C27H26N4O5/c1-30(15-32)10-8-16-5-3-7-21-19(16)12-22(29-21)26(34)31-9-4-6-18-20-11-17(27(35)36-2)14-28-25(20)24(33)13-23(18)31/h3,5,7,11-15,29,33H,4,6,8-10H2,1-2H3. The van der Waals surface area contributed by atoms with E-state index in [-0.39, 0.29) is 17.2 Å². The highest BCUT2D eigenvalue weighted by Gasteiger charge is 2.28. The number of phenolic OH excluding ortho intramolecular Hbond substituents is 1. The summed E-state index contributed by atoms with van der Waals surface area (Å²) in [6, 6.07) is 10.9. The van der Waals surface area contributed by atoms with Gasteiger partial charge in [0.05, 0.1) is 18.4 Å². The Morgan fingerprint density at radius 2 is 2.08 bits per heavy atom. The molecule has 2 aromatic carbocycles. The summed E-state index contributed by atoms with van der Waals surface area (Å²) in [5, 5.41) is 12.3. The second-order valence-electron chi connectivity index (χ2n) is 8.96. The number of esters is 1. The van der Waals surface area contributed by atoms with Crippen LogP contribution in [-0.4, -0.2) is 65.5 Å². The van der Waals surface area contributed by atoms with Gasteiger partial charge in [0.2, 0.25) is 6.41 Å². The van der Waals surface area contributed by atoms with Crippen molar-refractivity contribution in [3.05, 3.63) is 65.0 Å². The van der Waals surface area contributed by atoms with Crippen molar-refractivity contribution in [2.75, 3.05) is 32.1 Å². The van der Waals surface area contributed by atoms with Crippen LogP contribution in [0.15, 0.2) is 42.6 Å². The van der Waals surface area contributed by atoms with Crippen LogP contribution in [0.3, 0.4) is 0 Å². The zero-order chi connectivity index (χ0) is 25.4. The van der Waals surface area contributed by atoms with Crippen molar-refractivity contribution in [1.82, 2.24) is 14.9 Å². The maximum atomic E-state index is 13.7. The minimum atomic E-state index is -0.515. The van der Waals surface area contributed by atoms with Gasteiger partial charge in [-0.25, -0.2) is 4.79 Å². The van der Waals surface area contributed by atoms with E-state index in [2.05, 4.69) is 9.97 Å². The summed E-state index contributed by atoms with van der Waals surface area (Å²) in [4.78, 5) is 47.5. The van der Waals surface area contributed by atoms with Gasteiger partial charge in [-0.2, -0.15) is 0 Å². The number of amides is 2. The number of carbonyl (C=O) groups excluding carboxylic acids is 3. The predicted molar refractivity (Wildman–Crippen MR) is 135 cm³/mol. The molecule has 3 heterocycles. The predicted octanol–water partition coefficient (Wildman–Crippen LogP) is 3.43. The van der Waals surface area contributed by atoms with Gasteiger partial charge in [-0.3, -0.25) is 14.6 Å². The van der Waals surface area contributed by atoms with Crippen molar-refractivity contribution in [1.29, 1.82) is 0 Å². The second-order valence-corrected chi connectivity index (χ2v) is 8.96. The molecule has 0 unspecified atom stereocenters. The smallest absolute Gasteiger partial charge is 0.339 e. The number of methoxy groups -OCH3 is 1. The number of aromatic hydroxyl groups is 1. The van der Waals surface area contributed by atoms with E-state index in [1.165, 1.54) is 13.3 Å². The van der Waals surface area contributed by atoms with Gasteiger partial charge < -0.3 is 24.6 Å². The van der Waals surface area contributed by atoms with E-state index in [9.17, 15) is 19.5 Å². The van der Waals surface area contributed by atoms with Gasteiger partial charge in [0.25, 0.3) is 5.91 Å². The average molecular weight is 487 g/mol. The lowest BCUT2D eigenvalue weighted by molar-refractivity contribution is -0.116. The number of hydrogen-bond donors (Lipinski definition) is 2. The van der Waals surface area contributed by atoms with Crippen LogP contribution in [0.25, 0.3) is 21.8 Å². The summed E-state index contributed by atoms with van der Waals surface area (Å²) < 4.78 is 4.82. The molecule has 184 valence electrons. The Balaban J connectivity index is 1.54. The number of pyridine rings is 1. The van der Waals surface area contributed by atoms with Crippen molar-refractivity contribution in [3.63, 3.8) is 0 Å². The van der Waals surface area contributed by atoms with Gasteiger partial charge >= 0.3 is 5.97 Å². The number of nitrogens with zero attached hydrogens (tertiary/aromatic N) is 3. The maximum Gasteiger partial charge on any atom is 0.339 e. The van der Waals surface area contributed by atoms with Gasteiger partial charge in [-0.1, -0.05) is 12.1 Å². The number of aromatic amines is 1. The Hall–Kier alpha value is -4.40. The molecule has 0 saturated carbocycles. The summed E-state index contributed by atoms with van der Waals surface area (Å²) >= 11 is 0. The van der Waals surface area contributed by atoms with Crippen molar-refractivity contribution >= 4 is 45.8 Å². The highest BCUT2D eigenvalue weighted by molar-refractivity contribution is 6.10. The Bertz CT molecular complexity index is 1510. The third-order valence-electron chi connectivity index (χ3n) is 6.70. The molecule has 0 spiro atoms. The average Bonchev–Trinajstić information content (AvgIpc) is 3.35. The van der Waals surface area contributed by atoms with Crippen LogP contribution in [0, 0.1) is 0 Å². The number of nitrogens with one attached hydrogen (secondary N) is 1. The second kappa shape index (κ2) is 9.33. The molecule has 1 aliphatic heterocycles. The number of fused-ring (bicyclic) bond motifs is 4. The number of likely N-dealkylation sites (N-methyl/N-ethyl adjacent to an activating group) is 1. The van der Waals surface area contributed by atoms with Gasteiger partial charge in [0, 0.05) is 48.7 Å². The van der Waals surface area contributed by atoms with Crippen LogP contribution >= 0.6 is 0 Å². The third-order valence-corrected chi connectivity index (χ3v) is 6.70. The molecular formula is C27H26N4O5. The lowest BCUT2D eigenvalue weighted by atomic mass is 9.95. The van der Waals surface area contributed by atoms with E-state index in [0.717, 1.165) is 34.9 Å². The Kier molecular flexibility index (Phi) is 6.05. The van der Waals surface area contributed by atoms with E-state index >= 15 is 0 Å². The molecule has 0 aliphatic carbocycles. The fraction of sp³-hybridized carbons (Fsp3) is 0.259. The quantitative estimate of drug-likeness (QED) is 0.319. The van der Waals surface area contributed by atoms with Gasteiger partial charge in [0.1, 0.15) is 17.0 Å². The topological polar surface area (TPSA) is 116 Å². The molecule has 2 amide bonds. The fourth-order valence-corrected chi connectivity index (χ4v) is 4.85. The highest BCUT2D eigenvalue weighted by Crippen LogP contribution is 2.39. The molecule has 0 saturated heterocycles. The molecule has 36 heavy (non-hydrogen) atoms. The first-order valence-electron chi connectivity index (χ1n) is 11.7. The number of aryl methyl sites for hydroxylation is 1. The van der Waals surface area contributed by atoms with Crippen LogP contribution in [0.2, 0.25) is 0 Å². The fourth-order valence-electron chi connectivity index (χ4n) is 4.85. The zero-order valence-electron chi connectivity index (χ0n) is 20.1. The van der Waals surface area contributed by atoms with Crippen LogP contribution in [0.5, 0.6) is 5.75 Å². The number of H-pyrrole nitrogens is 1. The van der Waals surface area contributed by atoms with Gasteiger partial charge in [-0.15, -0.1) is 0 Å². The first kappa shape index (κ1) is 23.3. The molecule has 2 aromatic heterocycles. The first-order chi connectivity index (χ1) is 17.4. The van der Waals surface area contributed by atoms with Crippen molar-refractivity contribution in [2.24, 2.45) is 0 Å². The number of phenols is 1. The minimum Gasteiger partial charge on any atom is -0.506 e. The summed E-state index contributed by atoms with van der Waals surface area (Å²) in [5.41, 5.74) is 4.45. The largest absolute Gasteiger partial charge is 0.506 e. The zero-order valence-corrected chi connectivity index (χ0v) is 20.1. The number of hydrogen-bond acceptors (Lipinski definition) is 6. The molecule has 9 heteroatoms. The lowest BCUT2D eigenvalue weighted by Gasteiger charge is -2.30.